The van der Waals surface area contributed by atoms with Crippen molar-refractivity contribution in [3.63, 3.8) is 0 Å². The van der Waals surface area contributed by atoms with Crippen LogP contribution >= 0.6 is 0 Å². The molecule has 3 atom stereocenters. The van der Waals surface area contributed by atoms with Gasteiger partial charge in [0.1, 0.15) is 6.04 Å². The molecule has 1 aliphatic carbocycles. The van der Waals surface area contributed by atoms with Crippen LogP contribution in [0, 0.1) is 5.92 Å². The van der Waals surface area contributed by atoms with Crippen molar-refractivity contribution in [1.29, 1.82) is 0 Å². The molecular weight excluding hydrogens is 218 g/mol. The Morgan fingerprint density at radius 2 is 2.12 bits per heavy atom. The fourth-order valence-corrected chi connectivity index (χ4v) is 2.31. The molecule has 3 unspecified atom stereocenters. The Kier molecular flexibility index (Phi) is 5.41. The standard InChI is InChI=1S/C12H23N3O2/c1-8(12(14)17)15-11(16)6-5-9-3-2-4-10(13)7-9/h8-10H,2-7,13H2,1H3,(H2,14,17)(H,15,16). The number of amides is 2. The van der Waals surface area contributed by atoms with E-state index in [0.717, 1.165) is 32.1 Å². The SMILES string of the molecule is CC(NC(=O)CCC1CCCC(N)C1)C(N)=O. The van der Waals surface area contributed by atoms with Gasteiger partial charge in [-0.2, -0.15) is 0 Å². The van der Waals surface area contributed by atoms with E-state index in [2.05, 4.69) is 5.32 Å². The normalized spacial score (nSPS) is 26.2. The van der Waals surface area contributed by atoms with Crippen LogP contribution in [0.2, 0.25) is 0 Å². The van der Waals surface area contributed by atoms with Crippen molar-refractivity contribution in [2.75, 3.05) is 0 Å². The summed E-state index contributed by atoms with van der Waals surface area (Å²) in [5.74, 6) is -0.0538. The first kappa shape index (κ1) is 14.0. The van der Waals surface area contributed by atoms with Gasteiger partial charge in [0.15, 0.2) is 0 Å². The third-order valence-corrected chi connectivity index (χ3v) is 3.41. The minimum atomic E-state index is -0.587. The summed E-state index contributed by atoms with van der Waals surface area (Å²) >= 11 is 0. The predicted octanol–water partition coefficient (Wildman–Crippen LogP) is 0.274. The lowest BCUT2D eigenvalue weighted by Crippen LogP contribution is -2.42. The summed E-state index contributed by atoms with van der Waals surface area (Å²) in [6.45, 7) is 1.59. The molecule has 0 saturated heterocycles. The fraction of sp³-hybridized carbons (Fsp3) is 0.833. The van der Waals surface area contributed by atoms with Crippen LogP contribution in [0.3, 0.4) is 0 Å². The Labute approximate surface area is 102 Å². The Bertz CT molecular complexity index is 281. The topological polar surface area (TPSA) is 98.2 Å². The highest BCUT2D eigenvalue weighted by molar-refractivity contribution is 5.86. The van der Waals surface area contributed by atoms with E-state index >= 15 is 0 Å². The lowest BCUT2D eigenvalue weighted by molar-refractivity contribution is -0.127. The highest BCUT2D eigenvalue weighted by Gasteiger charge is 2.20. The van der Waals surface area contributed by atoms with Crippen molar-refractivity contribution in [2.45, 2.75) is 57.5 Å². The van der Waals surface area contributed by atoms with Gasteiger partial charge in [-0.25, -0.2) is 0 Å². The molecule has 0 aromatic heterocycles. The molecule has 0 radical (unpaired) electrons. The highest BCUT2D eigenvalue weighted by atomic mass is 16.2. The molecule has 1 aliphatic rings. The van der Waals surface area contributed by atoms with Gasteiger partial charge in [-0.3, -0.25) is 9.59 Å². The number of nitrogens with one attached hydrogen (secondary N) is 1. The van der Waals surface area contributed by atoms with Gasteiger partial charge in [0.05, 0.1) is 0 Å². The summed E-state index contributed by atoms with van der Waals surface area (Å²) in [5.41, 5.74) is 11.0. The summed E-state index contributed by atoms with van der Waals surface area (Å²) in [6.07, 6.45) is 5.73. The van der Waals surface area contributed by atoms with Crippen LogP contribution in [-0.2, 0) is 9.59 Å². The molecule has 1 fully saturated rings. The first-order chi connectivity index (χ1) is 7.99. The van der Waals surface area contributed by atoms with Crippen molar-refractivity contribution < 1.29 is 9.59 Å². The lowest BCUT2D eigenvalue weighted by atomic mass is 9.83. The minimum Gasteiger partial charge on any atom is -0.368 e. The molecule has 2 amide bonds. The van der Waals surface area contributed by atoms with Crippen LogP contribution in [-0.4, -0.2) is 23.9 Å². The van der Waals surface area contributed by atoms with E-state index in [9.17, 15) is 9.59 Å². The zero-order valence-electron chi connectivity index (χ0n) is 10.4. The molecule has 0 aromatic rings. The van der Waals surface area contributed by atoms with Crippen molar-refractivity contribution in [1.82, 2.24) is 5.32 Å². The monoisotopic (exact) mass is 241 g/mol. The average Bonchev–Trinajstić information content (AvgIpc) is 2.26. The van der Waals surface area contributed by atoms with E-state index in [-0.39, 0.29) is 5.91 Å². The molecule has 0 spiro atoms. The second-order valence-corrected chi connectivity index (χ2v) is 5.02. The zero-order chi connectivity index (χ0) is 12.8. The third-order valence-electron chi connectivity index (χ3n) is 3.41. The molecule has 98 valence electrons. The molecule has 0 heterocycles. The molecule has 0 aromatic carbocycles. The van der Waals surface area contributed by atoms with Gasteiger partial charge in [0.2, 0.25) is 11.8 Å². The van der Waals surface area contributed by atoms with Crippen molar-refractivity contribution in [3.05, 3.63) is 0 Å². The quantitative estimate of drug-likeness (QED) is 0.644. The largest absolute Gasteiger partial charge is 0.368 e. The Balaban J connectivity index is 2.21. The number of carbonyl (C=O) groups excluding carboxylic acids is 2. The number of carbonyl (C=O) groups is 2. The first-order valence-electron chi connectivity index (χ1n) is 6.33. The van der Waals surface area contributed by atoms with E-state index in [1.54, 1.807) is 6.92 Å². The molecule has 1 saturated carbocycles. The molecule has 0 aliphatic heterocycles. The average molecular weight is 241 g/mol. The number of rotatable bonds is 5. The summed E-state index contributed by atoms with van der Waals surface area (Å²) in [4.78, 5) is 22.3. The number of hydrogen-bond acceptors (Lipinski definition) is 3. The van der Waals surface area contributed by atoms with Gasteiger partial charge in [0, 0.05) is 12.5 Å². The fourth-order valence-electron chi connectivity index (χ4n) is 2.31. The smallest absolute Gasteiger partial charge is 0.239 e. The van der Waals surface area contributed by atoms with E-state index in [0.29, 0.717) is 18.4 Å². The summed E-state index contributed by atoms with van der Waals surface area (Å²) in [7, 11) is 0. The lowest BCUT2D eigenvalue weighted by Gasteiger charge is -2.26. The van der Waals surface area contributed by atoms with Gasteiger partial charge < -0.3 is 16.8 Å². The van der Waals surface area contributed by atoms with E-state index < -0.39 is 11.9 Å². The Hall–Kier alpha value is -1.10. The zero-order valence-corrected chi connectivity index (χ0v) is 10.4. The second-order valence-electron chi connectivity index (χ2n) is 5.02. The minimum absolute atomic E-state index is 0.101. The van der Waals surface area contributed by atoms with Crippen molar-refractivity contribution in [3.8, 4) is 0 Å². The van der Waals surface area contributed by atoms with Gasteiger partial charge >= 0.3 is 0 Å². The Morgan fingerprint density at radius 3 is 2.71 bits per heavy atom. The van der Waals surface area contributed by atoms with Crippen LogP contribution in [0.25, 0.3) is 0 Å². The van der Waals surface area contributed by atoms with Gasteiger partial charge in [0.25, 0.3) is 0 Å². The van der Waals surface area contributed by atoms with Crippen LogP contribution in [0.4, 0.5) is 0 Å². The van der Waals surface area contributed by atoms with Gasteiger partial charge in [-0.05, 0) is 32.1 Å². The van der Waals surface area contributed by atoms with E-state index in [1.807, 2.05) is 0 Å². The molecule has 5 nitrogen and oxygen atoms in total. The van der Waals surface area contributed by atoms with E-state index in [1.165, 1.54) is 0 Å². The summed E-state index contributed by atoms with van der Waals surface area (Å²) < 4.78 is 0. The highest BCUT2D eigenvalue weighted by Crippen LogP contribution is 2.26. The first-order valence-corrected chi connectivity index (χ1v) is 6.33. The second kappa shape index (κ2) is 6.59. The molecule has 5 N–H and O–H groups in total. The molecule has 1 rings (SSSR count). The van der Waals surface area contributed by atoms with Gasteiger partial charge in [-0.15, -0.1) is 0 Å². The maximum atomic E-state index is 11.5. The summed E-state index contributed by atoms with van der Waals surface area (Å²) in [6, 6.07) is -0.294. The van der Waals surface area contributed by atoms with Crippen LogP contribution in [0.1, 0.15) is 45.4 Å². The molecule has 17 heavy (non-hydrogen) atoms. The number of nitrogens with two attached hydrogens (primary N) is 2. The maximum absolute atomic E-state index is 11.5. The number of hydrogen-bond donors (Lipinski definition) is 3. The van der Waals surface area contributed by atoms with Crippen LogP contribution in [0.5, 0.6) is 0 Å². The van der Waals surface area contributed by atoms with Crippen LogP contribution < -0.4 is 16.8 Å². The maximum Gasteiger partial charge on any atom is 0.239 e. The van der Waals surface area contributed by atoms with E-state index in [4.69, 9.17) is 11.5 Å². The molecule has 5 heteroatoms. The van der Waals surface area contributed by atoms with Crippen molar-refractivity contribution >= 4 is 11.8 Å². The Morgan fingerprint density at radius 1 is 1.41 bits per heavy atom. The van der Waals surface area contributed by atoms with Crippen molar-refractivity contribution in [2.24, 2.45) is 17.4 Å². The van der Waals surface area contributed by atoms with Crippen LogP contribution in [0.15, 0.2) is 0 Å². The summed E-state index contributed by atoms with van der Waals surface area (Å²) in [5, 5.41) is 2.59. The molecular formula is C12H23N3O2. The number of primary amides is 1. The third kappa shape index (κ3) is 5.17. The molecule has 0 bridgehead atoms. The van der Waals surface area contributed by atoms with Gasteiger partial charge in [-0.1, -0.05) is 12.8 Å². The predicted molar refractivity (Wildman–Crippen MR) is 66.0 cm³/mol.